The summed E-state index contributed by atoms with van der Waals surface area (Å²) in [5.41, 5.74) is -0.707. The van der Waals surface area contributed by atoms with E-state index < -0.39 is 17.6 Å². The number of benzene rings is 1. The van der Waals surface area contributed by atoms with Crippen LogP contribution in [0, 0.1) is 11.3 Å². The van der Waals surface area contributed by atoms with Gasteiger partial charge in [-0.15, -0.1) is 0 Å². The number of carbonyl (C=O) groups excluding carboxylic acids is 1. The number of nitrogens with zero attached hydrogens (tertiary/aromatic N) is 2. The van der Waals surface area contributed by atoms with Crippen LogP contribution >= 0.6 is 0 Å². The fourth-order valence-electron chi connectivity index (χ4n) is 2.21. The number of rotatable bonds is 6. The lowest BCUT2D eigenvalue weighted by molar-refractivity contribution is -0.137. The van der Waals surface area contributed by atoms with Gasteiger partial charge in [-0.05, 0) is 37.5 Å². The molecule has 0 aliphatic heterocycles. The van der Waals surface area contributed by atoms with Crippen LogP contribution in [0.3, 0.4) is 0 Å². The van der Waals surface area contributed by atoms with Gasteiger partial charge in [0, 0.05) is 12.2 Å². The molecule has 124 valence electrons. The maximum Gasteiger partial charge on any atom is 0.416 e. The number of amides is 1. The summed E-state index contributed by atoms with van der Waals surface area (Å²) in [6, 6.07) is 6.43. The van der Waals surface area contributed by atoms with Gasteiger partial charge in [-0.1, -0.05) is 6.07 Å². The summed E-state index contributed by atoms with van der Waals surface area (Å²) in [6.07, 6.45) is -1.54. The highest BCUT2D eigenvalue weighted by Crippen LogP contribution is 2.32. The van der Waals surface area contributed by atoms with E-state index in [2.05, 4.69) is 0 Å². The maximum atomic E-state index is 12.8. The summed E-state index contributed by atoms with van der Waals surface area (Å²) in [7, 11) is 0. The molecular weight excluding hydrogens is 309 g/mol. The van der Waals surface area contributed by atoms with Crippen LogP contribution in [0.4, 0.5) is 18.9 Å². The van der Waals surface area contributed by atoms with Gasteiger partial charge in [-0.2, -0.15) is 18.4 Å². The third-order valence-electron chi connectivity index (χ3n) is 3.73. The number of ether oxygens (including phenoxy) is 1. The van der Waals surface area contributed by atoms with Gasteiger partial charge in [0.05, 0.1) is 24.2 Å². The van der Waals surface area contributed by atoms with Gasteiger partial charge in [0.2, 0.25) is 0 Å². The first-order valence-corrected chi connectivity index (χ1v) is 7.38. The van der Waals surface area contributed by atoms with Crippen molar-refractivity contribution >= 4 is 11.6 Å². The molecule has 1 amide bonds. The summed E-state index contributed by atoms with van der Waals surface area (Å²) < 4.78 is 43.9. The van der Waals surface area contributed by atoms with E-state index in [1.54, 1.807) is 0 Å². The highest BCUT2D eigenvalue weighted by molar-refractivity contribution is 5.94. The lowest BCUT2D eigenvalue weighted by Crippen LogP contribution is -2.37. The molecule has 1 aromatic rings. The molecule has 2 rings (SSSR count). The molecule has 1 fully saturated rings. The van der Waals surface area contributed by atoms with Crippen LogP contribution < -0.4 is 4.90 Å². The second kappa shape index (κ2) is 7.47. The smallest absolute Gasteiger partial charge is 0.368 e. The molecule has 0 atom stereocenters. The number of nitriles is 1. The van der Waals surface area contributed by atoms with E-state index in [1.807, 2.05) is 6.07 Å². The van der Waals surface area contributed by atoms with Crippen LogP contribution in [0.25, 0.3) is 0 Å². The zero-order chi connectivity index (χ0) is 16.9. The molecule has 23 heavy (non-hydrogen) atoms. The van der Waals surface area contributed by atoms with Crippen molar-refractivity contribution in [3.63, 3.8) is 0 Å². The molecule has 1 aliphatic rings. The molecule has 0 saturated heterocycles. The lowest BCUT2D eigenvalue weighted by atomic mass is 9.96. The van der Waals surface area contributed by atoms with Crippen molar-refractivity contribution in [1.82, 2.24) is 0 Å². The third-order valence-corrected chi connectivity index (χ3v) is 3.73. The molecule has 0 aromatic heterocycles. The van der Waals surface area contributed by atoms with Crippen molar-refractivity contribution in [2.45, 2.75) is 38.0 Å². The summed E-state index contributed by atoms with van der Waals surface area (Å²) in [4.78, 5) is 13.4. The van der Waals surface area contributed by atoms with E-state index >= 15 is 0 Å². The monoisotopic (exact) mass is 326 g/mol. The molecule has 1 saturated carbocycles. The zero-order valence-electron chi connectivity index (χ0n) is 12.5. The number of anilines is 1. The molecule has 0 heterocycles. The first-order chi connectivity index (χ1) is 10.9. The Kier molecular flexibility index (Phi) is 5.61. The minimum Gasteiger partial charge on any atom is -0.368 e. The predicted molar refractivity (Wildman–Crippen MR) is 77.6 cm³/mol. The van der Waals surface area contributed by atoms with Crippen LogP contribution in [0.2, 0.25) is 0 Å². The Labute approximate surface area is 132 Å². The van der Waals surface area contributed by atoms with Gasteiger partial charge < -0.3 is 9.64 Å². The predicted octanol–water partition coefficient (Wildman–Crippen LogP) is 3.52. The molecule has 0 bridgehead atoms. The molecule has 0 N–H and O–H groups in total. The Bertz CT molecular complexity index is 592. The normalized spacial score (nSPS) is 14.9. The van der Waals surface area contributed by atoms with E-state index in [0.29, 0.717) is 0 Å². The molecular formula is C16H17F3N2O2. The van der Waals surface area contributed by atoms with Crippen molar-refractivity contribution in [2.24, 2.45) is 0 Å². The van der Waals surface area contributed by atoms with Crippen molar-refractivity contribution in [3.8, 4) is 6.07 Å². The van der Waals surface area contributed by atoms with Crippen molar-refractivity contribution in [1.29, 1.82) is 5.26 Å². The summed E-state index contributed by atoms with van der Waals surface area (Å²) in [5.74, 6) is -0.438. The quantitative estimate of drug-likeness (QED) is 0.804. The number of carbonyl (C=O) groups is 1. The van der Waals surface area contributed by atoms with E-state index in [1.165, 1.54) is 17.0 Å². The minimum absolute atomic E-state index is 0.0324. The number of hydrogen-bond donors (Lipinski definition) is 0. The van der Waals surface area contributed by atoms with E-state index in [-0.39, 0.29) is 31.4 Å². The van der Waals surface area contributed by atoms with Crippen LogP contribution in [-0.2, 0) is 15.7 Å². The average molecular weight is 326 g/mol. The second-order valence-electron chi connectivity index (χ2n) is 5.37. The Morgan fingerprint density at radius 3 is 2.70 bits per heavy atom. The van der Waals surface area contributed by atoms with E-state index in [4.69, 9.17) is 10.00 Å². The highest BCUT2D eigenvalue weighted by atomic mass is 19.4. The van der Waals surface area contributed by atoms with Gasteiger partial charge in [0.25, 0.3) is 5.91 Å². The lowest BCUT2D eigenvalue weighted by Gasteiger charge is -2.28. The average Bonchev–Trinajstić information content (AvgIpc) is 2.45. The molecule has 1 aliphatic carbocycles. The number of alkyl halides is 3. The SMILES string of the molecule is N#CCCN(C(=O)COC1CCC1)c1cccc(C(F)(F)F)c1. The van der Waals surface area contributed by atoms with Crippen molar-refractivity contribution in [2.75, 3.05) is 18.1 Å². The molecule has 4 nitrogen and oxygen atoms in total. The van der Waals surface area contributed by atoms with Crippen molar-refractivity contribution in [3.05, 3.63) is 29.8 Å². The molecule has 7 heteroatoms. The maximum absolute atomic E-state index is 12.8. The Hall–Kier alpha value is -2.07. The Morgan fingerprint density at radius 1 is 1.39 bits per heavy atom. The Balaban J connectivity index is 2.13. The minimum atomic E-state index is -4.48. The first-order valence-electron chi connectivity index (χ1n) is 7.38. The third kappa shape index (κ3) is 4.70. The molecule has 0 radical (unpaired) electrons. The van der Waals surface area contributed by atoms with Gasteiger partial charge in [0.15, 0.2) is 0 Å². The van der Waals surface area contributed by atoms with E-state index in [0.717, 1.165) is 31.4 Å². The van der Waals surface area contributed by atoms with Crippen LogP contribution in [-0.4, -0.2) is 25.2 Å². The van der Waals surface area contributed by atoms with Gasteiger partial charge in [0.1, 0.15) is 6.61 Å². The summed E-state index contributed by atoms with van der Waals surface area (Å²) in [5, 5.41) is 8.69. The molecule has 1 aromatic carbocycles. The number of halogens is 3. The second-order valence-corrected chi connectivity index (χ2v) is 5.37. The van der Waals surface area contributed by atoms with Crippen LogP contribution in [0.15, 0.2) is 24.3 Å². The van der Waals surface area contributed by atoms with Gasteiger partial charge in [-0.25, -0.2) is 0 Å². The number of hydrogen-bond acceptors (Lipinski definition) is 3. The fourth-order valence-corrected chi connectivity index (χ4v) is 2.21. The van der Waals surface area contributed by atoms with Crippen LogP contribution in [0.5, 0.6) is 0 Å². The Morgan fingerprint density at radius 2 is 2.13 bits per heavy atom. The van der Waals surface area contributed by atoms with E-state index in [9.17, 15) is 18.0 Å². The van der Waals surface area contributed by atoms with Crippen molar-refractivity contribution < 1.29 is 22.7 Å². The highest BCUT2D eigenvalue weighted by Gasteiger charge is 2.31. The van der Waals surface area contributed by atoms with Gasteiger partial charge >= 0.3 is 6.18 Å². The van der Waals surface area contributed by atoms with Gasteiger partial charge in [-0.3, -0.25) is 4.79 Å². The van der Waals surface area contributed by atoms with Crippen LogP contribution in [0.1, 0.15) is 31.2 Å². The standard InChI is InChI=1S/C16H17F3N2O2/c17-16(18,19)12-4-1-5-13(10-12)21(9-3-8-20)15(22)11-23-14-6-2-7-14/h1,4-5,10,14H,2-3,6-7,9,11H2. The summed E-state index contributed by atoms with van der Waals surface area (Å²) >= 11 is 0. The zero-order valence-corrected chi connectivity index (χ0v) is 12.5. The molecule has 0 unspecified atom stereocenters. The fraction of sp³-hybridized carbons (Fsp3) is 0.500. The molecule has 0 spiro atoms. The topological polar surface area (TPSA) is 53.3 Å². The largest absolute Gasteiger partial charge is 0.416 e. The first kappa shape index (κ1) is 17.3. The summed E-state index contributed by atoms with van der Waals surface area (Å²) in [6.45, 7) is -0.156.